The minimum absolute atomic E-state index is 0.193. The number of hydrogen-bond donors (Lipinski definition) is 0. The van der Waals surface area contributed by atoms with Gasteiger partial charge >= 0.3 is 0 Å². The summed E-state index contributed by atoms with van der Waals surface area (Å²) in [7, 11) is 0. The highest BCUT2D eigenvalue weighted by Gasteiger charge is 2.23. The summed E-state index contributed by atoms with van der Waals surface area (Å²) in [5.74, 6) is 1.22. The molecule has 4 rings (SSSR count). The summed E-state index contributed by atoms with van der Waals surface area (Å²) in [5, 5.41) is 0. The number of nitrogens with zero attached hydrogens (tertiary/aromatic N) is 4. The fraction of sp³-hybridized carbons (Fsp3) is 0.500. The van der Waals surface area contributed by atoms with E-state index >= 15 is 0 Å². The molecule has 5 nitrogen and oxygen atoms in total. The van der Waals surface area contributed by atoms with E-state index in [1.54, 1.807) is 0 Å². The van der Waals surface area contributed by atoms with Gasteiger partial charge in [-0.15, -0.1) is 0 Å². The summed E-state index contributed by atoms with van der Waals surface area (Å²) in [5.41, 5.74) is 2.22. The number of imidazole rings is 1. The molecule has 0 unspecified atom stereocenters. The van der Waals surface area contributed by atoms with Crippen LogP contribution in [0.5, 0.6) is 0 Å². The summed E-state index contributed by atoms with van der Waals surface area (Å²) >= 11 is 0. The standard InChI is InChI=1S/C20H26N4O/c25-20(13-17-7-3-1-4-8-17)24-12-11-23-15-18(21-19(23)16-24)14-22-9-5-2-6-10-22/h1,3-4,7-8,15H,2,5-6,9-14,16H2. The summed E-state index contributed by atoms with van der Waals surface area (Å²) in [6.45, 7) is 5.57. The number of piperidine rings is 1. The Morgan fingerprint density at radius 3 is 2.60 bits per heavy atom. The Hall–Kier alpha value is -2.14. The molecule has 0 saturated carbocycles. The van der Waals surface area contributed by atoms with Crippen LogP contribution in [0, 0.1) is 0 Å². The van der Waals surface area contributed by atoms with E-state index in [0.717, 1.165) is 36.7 Å². The number of amides is 1. The molecule has 1 aromatic heterocycles. The van der Waals surface area contributed by atoms with E-state index in [1.165, 1.54) is 32.4 Å². The maximum absolute atomic E-state index is 12.6. The second-order valence-electron chi connectivity index (χ2n) is 7.16. The van der Waals surface area contributed by atoms with E-state index in [0.29, 0.717) is 13.0 Å². The first-order chi connectivity index (χ1) is 12.3. The van der Waals surface area contributed by atoms with Crippen molar-refractivity contribution >= 4 is 5.91 Å². The van der Waals surface area contributed by atoms with Crippen molar-refractivity contribution in [3.63, 3.8) is 0 Å². The first-order valence-corrected chi connectivity index (χ1v) is 9.37. The van der Waals surface area contributed by atoms with Crippen LogP contribution in [0.15, 0.2) is 36.5 Å². The molecule has 2 aromatic rings. The molecule has 1 fully saturated rings. The lowest BCUT2D eigenvalue weighted by molar-refractivity contribution is -0.132. The van der Waals surface area contributed by atoms with Crippen molar-refractivity contribution in [2.75, 3.05) is 19.6 Å². The van der Waals surface area contributed by atoms with Gasteiger partial charge in [-0.05, 0) is 31.5 Å². The van der Waals surface area contributed by atoms with Crippen LogP contribution in [0.3, 0.4) is 0 Å². The summed E-state index contributed by atoms with van der Waals surface area (Å²) in [4.78, 5) is 21.8. The van der Waals surface area contributed by atoms with Crippen LogP contribution in [0.1, 0.15) is 36.3 Å². The normalized spacial score (nSPS) is 18.2. The van der Waals surface area contributed by atoms with Gasteiger partial charge in [0.15, 0.2) is 0 Å². The molecule has 1 saturated heterocycles. The average molecular weight is 338 g/mol. The Morgan fingerprint density at radius 1 is 1.00 bits per heavy atom. The summed E-state index contributed by atoms with van der Waals surface area (Å²) in [6.07, 6.45) is 6.62. The first-order valence-electron chi connectivity index (χ1n) is 9.37. The Labute approximate surface area is 149 Å². The van der Waals surface area contributed by atoms with Crippen LogP contribution in [0.25, 0.3) is 0 Å². The van der Waals surface area contributed by atoms with E-state index in [9.17, 15) is 4.79 Å². The highest BCUT2D eigenvalue weighted by molar-refractivity contribution is 5.78. The van der Waals surface area contributed by atoms with Gasteiger partial charge in [0.2, 0.25) is 5.91 Å². The molecule has 1 amide bonds. The molecule has 3 heterocycles. The molecule has 2 aliphatic rings. The van der Waals surface area contributed by atoms with Crippen molar-refractivity contribution in [2.24, 2.45) is 0 Å². The lowest BCUT2D eigenvalue weighted by Crippen LogP contribution is -2.39. The predicted molar refractivity (Wildman–Crippen MR) is 96.9 cm³/mol. The van der Waals surface area contributed by atoms with E-state index in [2.05, 4.69) is 15.7 Å². The molecule has 0 spiro atoms. The van der Waals surface area contributed by atoms with Gasteiger partial charge < -0.3 is 9.47 Å². The number of hydrogen-bond acceptors (Lipinski definition) is 3. The largest absolute Gasteiger partial charge is 0.333 e. The molecule has 0 bridgehead atoms. The summed E-state index contributed by atoms with van der Waals surface area (Å²) < 4.78 is 2.23. The maximum atomic E-state index is 12.6. The zero-order valence-electron chi connectivity index (χ0n) is 14.7. The number of carbonyl (C=O) groups excluding carboxylic acids is 1. The SMILES string of the molecule is O=C(Cc1ccccc1)N1CCn2cc(CN3CCCCC3)nc2C1. The molecule has 25 heavy (non-hydrogen) atoms. The Morgan fingerprint density at radius 2 is 1.80 bits per heavy atom. The van der Waals surface area contributed by atoms with Crippen molar-refractivity contribution in [1.29, 1.82) is 0 Å². The lowest BCUT2D eigenvalue weighted by atomic mass is 10.1. The molecule has 2 aliphatic heterocycles. The number of fused-ring (bicyclic) bond motifs is 1. The third-order valence-corrected chi connectivity index (χ3v) is 5.24. The molecular weight excluding hydrogens is 312 g/mol. The van der Waals surface area contributed by atoms with Crippen molar-refractivity contribution < 1.29 is 4.79 Å². The molecule has 0 radical (unpaired) electrons. The van der Waals surface area contributed by atoms with Crippen LogP contribution in [-0.2, 0) is 30.8 Å². The first kappa shape index (κ1) is 16.3. The smallest absolute Gasteiger partial charge is 0.227 e. The van der Waals surface area contributed by atoms with Crippen molar-refractivity contribution in [3.8, 4) is 0 Å². The van der Waals surface area contributed by atoms with Gasteiger partial charge in [-0.3, -0.25) is 9.69 Å². The monoisotopic (exact) mass is 338 g/mol. The predicted octanol–water partition coefficient (Wildman–Crippen LogP) is 2.45. The fourth-order valence-corrected chi connectivity index (χ4v) is 3.83. The maximum Gasteiger partial charge on any atom is 0.227 e. The molecule has 5 heteroatoms. The van der Waals surface area contributed by atoms with Crippen LogP contribution in [0.4, 0.5) is 0 Å². The molecule has 0 N–H and O–H groups in total. The number of aromatic nitrogens is 2. The minimum atomic E-state index is 0.193. The van der Waals surface area contributed by atoms with Crippen LogP contribution < -0.4 is 0 Å². The van der Waals surface area contributed by atoms with Crippen molar-refractivity contribution in [2.45, 2.75) is 45.3 Å². The second-order valence-corrected chi connectivity index (χ2v) is 7.16. The fourth-order valence-electron chi connectivity index (χ4n) is 3.83. The lowest BCUT2D eigenvalue weighted by Gasteiger charge is -2.27. The van der Waals surface area contributed by atoms with Crippen molar-refractivity contribution in [1.82, 2.24) is 19.4 Å². The third-order valence-electron chi connectivity index (χ3n) is 5.24. The van der Waals surface area contributed by atoms with E-state index in [-0.39, 0.29) is 5.91 Å². The Kier molecular flexibility index (Phi) is 4.83. The van der Waals surface area contributed by atoms with Gasteiger partial charge in [0.1, 0.15) is 5.82 Å². The number of carbonyl (C=O) groups is 1. The average Bonchev–Trinajstić information content (AvgIpc) is 3.04. The second kappa shape index (κ2) is 7.40. The van der Waals surface area contributed by atoms with E-state index < -0.39 is 0 Å². The number of rotatable bonds is 4. The molecule has 1 aromatic carbocycles. The third kappa shape index (κ3) is 3.93. The molecule has 0 atom stereocenters. The van der Waals surface area contributed by atoms with Gasteiger partial charge in [-0.2, -0.15) is 0 Å². The Bertz CT molecular complexity index is 719. The van der Waals surface area contributed by atoms with Gasteiger partial charge in [-0.1, -0.05) is 36.8 Å². The van der Waals surface area contributed by atoms with Gasteiger partial charge in [0.25, 0.3) is 0 Å². The number of likely N-dealkylation sites (tertiary alicyclic amines) is 1. The van der Waals surface area contributed by atoms with Gasteiger partial charge in [0.05, 0.1) is 18.7 Å². The van der Waals surface area contributed by atoms with E-state index in [4.69, 9.17) is 4.98 Å². The van der Waals surface area contributed by atoms with Gasteiger partial charge in [-0.25, -0.2) is 4.98 Å². The number of benzene rings is 1. The highest BCUT2D eigenvalue weighted by Crippen LogP contribution is 2.17. The quantitative estimate of drug-likeness (QED) is 0.860. The van der Waals surface area contributed by atoms with Crippen molar-refractivity contribution in [3.05, 3.63) is 53.6 Å². The van der Waals surface area contributed by atoms with Gasteiger partial charge in [0, 0.05) is 25.8 Å². The molecule has 132 valence electrons. The molecular formula is C20H26N4O. The van der Waals surface area contributed by atoms with E-state index in [1.807, 2.05) is 35.2 Å². The summed E-state index contributed by atoms with van der Waals surface area (Å²) in [6, 6.07) is 9.98. The minimum Gasteiger partial charge on any atom is -0.333 e. The van der Waals surface area contributed by atoms with Crippen LogP contribution in [0.2, 0.25) is 0 Å². The molecule has 0 aliphatic carbocycles. The topological polar surface area (TPSA) is 41.4 Å². The van der Waals surface area contributed by atoms with Crippen LogP contribution >= 0.6 is 0 Å². The zero-order chi connectivity index (χ0) is 17.1. The Balaban J connectivity index is 1.38. The van der Waals surface area contributed by atoms with Crippen LogP contribution in [-0.4, -0.2) is 44.9 Å². The zero-order valence-corrected chi connectivity index (χ0v) is 14.7. The highest BCUT2D eigenvalue weighted by atomic mass is 16.2.